The number of nitro groups is 1. The molecule has 0 radical (unpaired) electrons. The first-order valence-electron chi connectivity index (χ1n) is 8.22. The van der Waals surface area contributed by atoms with E-state index >= 15 is 0 Å². The Morgan fingerprint density at radius 3 is 2.42 bits per heavy atom. The van der Waals surface area contributed by atoms with Crippen molar-refractivity contribution in [3.63, 3.8) is 0 Å². The number of rotatable bonds is 5. The molecule has 0 fully saturated rings. The number of nitrogens with zero attached hydrogens (tertiary/aromatic N) is 3. The molecule has 6 heteroatoms. The van der Waals surface area contributed by atoms with Gasteiger partial charge in [-0.3, -0.25) is 10.1 Å². The van der Waals surface area contributed by atoms with Crippen LogP contribution in [0.3, 0.4) is 0 Å². The van der Waals surface area contributed by atoms with E-state index in [9.17, 15) is 10.1 Å². The van der Waals surface area contributed by atoms with Crippen molar-refractivity contribution in [3.05, 3.63) is 80.9 Å². The van der Waals surface area contributed by atoms with E-state index in [1.54, 1.807) is 12.1 Å². The minimum atomic E-state index is -0.380. The molecule has 1 aromatic heterocycles. The van der Waals surface area contributed by atoms with Gasteiger partial charge in [0.1, 0.15) is 5.03 Å². The summed E-state index contributed by atoms with van der Waals surface area (Å²) in [5.41, 5.74) is 6.62. The van der Waals surface area contributed by atoms with Crippen molar-refractivity contribution in [2.24, 2.45) is 0 Å². The van der Waals surface area contributed by atoms with Gasteiger partial charge < -0.3 is 0 Å². The maximum atomic E-state index is 10.8. The second-order valence-corrected chi connectivity index (χ2v) is 7.22. The summed E-state index contributed by atoms with van der Waals surface area (Å²) in [7, 11) is 0. The summed E-state index contributed by atoms with van der Waals surface area (Å²) in [4.78, 5) is 10.5. The fourth-order valence-electron chi connectivity index (χ4n) is 2.69. The van der Waals surface area contributed by atoms with Gasteiger partial charge in [-0.05, 0) is 61.2 Å². The highest BCUT2D eigenvalue weighted by Crippen LogP contribution is 2.27. The number of thioether (sulfide) groups is 1. The molecule has 2 aromatic carbocycles. The Labute approximate surface area is 156 Å². The number of nitro benzene ring substituents is 1. The molecule has 1 heterocycles. The summed E-state index contributed by atoms with van der Waals surface area (Å²) in [5, 5.41) is 20.3. The van der Waals surface area contributed by atoms with Crippen molar-refractivity contribution < 1.29 is 4.92 Å². The molecular weight excluding hydrogens is 346 g/mol. The summed E-state index contributed by atoms with van der Waals surface area (Å²) >= 11 is 1.51. The topological polar surface area (TPSA) is 68.9 Å². The molecule has 3 aromatic rings. The van der Waals surface area contributed by atoms with Crippen LogP contribution in [0.4, 0.5) is 5.69 Å². The molecular formula is C20H19N3O2S. The molecule has 0 aliphatic carbocycles. The molecule has 26 heavy (non-hydrogen) atoms. The van der Waals surface area contributed by atoms with Crippen LogP contribution in [0.25, 0.3) is 11.3 Å². The van der Waals surface area contributed by atoms with E-state index < -0.39 is 0 Å². The minimum Gasteiger partial charge on any atom is -0.258 e. The van der Waals surface area contributed by atoms with Crippen LogP contribution in [0, 0.1) is 30.9 Å². The summed E-state index contributed by atoms with van der Waals surface area (Å²) in [5.74, 6) is 0.609. The second kappa shape index (κ2) is 7.66. The van der Waals surface area contributed by atoms with Crippen LogP contribution in [-0.4, -0.2) is 15.1 Å². The quantitative estimate of drug-likeness (QED) is 0.350. The van der Waals surface area contributed by atoms with Gasteiger partial charge in [0, 0.05) is 23.4 Å². The van der Waals surface area contributed by atoms with Gasteiger partial charge in [0.25, 0.3) is 5.69 Å². The molecule has 0 atom stereocenters. The molecule has 0 saturated carbocycles. The molecule has 0 unspecified atom stereocenters. The molecule has 3 rings (SSSR count). The Balaban J connectivity index is 1.73. The van der Waals surface area contributed by atoms with Gasteiger partial charge in [-0.25, -0.2) is 0 Å². The molecule has 0 aliphatic rings. The number of aromatic nitrogens is 2. The van der Waals surface area contributed by atoms with E-state index in [0.29, 0.717) is 5.75 Å². The highest BCUT2D eigenvalue weighted by molar-refractivity contribution is 7.98. The van der Waals surface area contributed by atoms with Crippen molar-refractivity contribution in [2.45, 2.75) is 31.6 Å². The lowest BCUT2D eigenvalue weighted by molar-refractivity contribution is -0.384. The van der Waals surface area contributed by atoms with Crippen molar-refractivity contribution >= 4 is 17.4 Å². The normalized spacial score (nSPS) is 10.7. The third-order valence-electron chi connectivity index (χ3n) is 4.26. The number of aryl methyl sites for hydroxylation is 3. The summed E-state index contributed by atoms with van der Waals surface area (Å²) in [6, 6.07) is 14.9. The van der Waals surface area contributed by atoms with E-state index in [0.717, 1.165) is 21.8 Å². The Morgan fingerprint density at radius 2 is 1.73 bits per heavy atom. The molecule has 0 N–H and O–H groups in total. The Morgan fingerprint density at radius 1 is 0.962 bits per heavy atom. The number of hydrogen-bond acceptors (Lipinski definition) is 5. The third-order valence-corrected chi connectivity index (χ3v) is 5.26. The van der Waals surface area contributed by atoms with Gasteiger partial charge in [-0.2, -0.15) is 0 Å². The smallest absolute Gasteiger partial charge is 0.258 e. The molecule has 5 nitrogen and oxygen atoms in total. The fourth-order valence-corrected chi connectivity index (χ4v) is 3.45. The summed E-state index contributed by atoms with van der Waals surface area (Å²) in [6.45, 7) is 6.27. The van der Waals surface area contributed by atoms with Crippen LogP contribution in [0.1, 0.15) is 22.3 Å². The first-order valence-corrected chi connectivity index (χ1v) is 9.20. The summed E-state index contributed by atoms with van der Waals surface area (Å²) in [6.07, 6.45) is 0. The van der Waals surface area contributed by atoms with Crippen LogP contribution in [0.15, 0.2) is 53.6 Å². The van der Waals surface area contributed by atoms with Gasteiger partial charge in [0.05, 0.1) is 10.6 Å². The van der Waals surface area contributed by atoms with Gasteiger partial charge >= 0.3 is 0 Å². The number of hydrogen-bond donors (Lipinski definition) is 0. The highest BCUT2D eigenvalue weighted by Gasteiger charge is 2.09. The second-order valence-electron chi connectivity index (χ2n) is 6.22. The first kappa shape index (κ1) is 18.1. The van der Waals surface area contributed by atoms with Crippen LogP contribution in [0.2, 0.25) is 0 Å². The Hall–Kier alpha value is -2.73. The van der Waals surface area contributed by atoms with E-state index in [4.69, 9.17) is 0 Å². The largest absolute Gasteiger partial charge is 0.269 e. The standard InChI is InChI=1S/C20H19N3O2S/c1-13-9-15(3)18(10-14(13)2)19-7-8-20(22-21-19)26-12-16-5-4-6-17(11-16)23(24)25/h4-11H,12H2,1-3H3. The van der Waals surface area contributed by atoms with Gasteiger partial charge in [-0.15, -0.1) is 10.2 Å². The van der Waals surface area contributed by atoms with Crippen molar-refractivity contribution in [3.8, 4) is 11.3 Å². The van der Waals surface area contributed by atoms with Gasteiger partial charge in [0.2, 0.25) is 0 Å². The van der Waals surface area contributed by atoms with Crippen molar-refractivity contribution in [1.82, 2.24) is 10.2 Å². The SMILES string of the molecule is Cc1cc(C)c(-c2ccc(SCc3cccc([N+](=O)[O-])c3)nn2)cc1C. The van der Waals surface area contributed by atoms with Crippen LogP contribution >= 0.6 is 11.8 Å². The molecule has 0 saturated heterocycles. The van der Waals surface area contributed by atoms with E-state index in [2.05, 4.69) is 43.1 Å². The lowest BCUT2D eigenvalue weighted by Gasteiger charge is -2.09. The van der Waals surface area contributed by atoms with Crippen molar-refractivity contribution in [2.75, 3.05) is 0 Å². The third kappa shape index (κ3) is 4.08. The number of non-ortho nitro benzene ring substituents is 1. The lowest BCUT2D eigenvalue weighted by atomic mass is 9.99. The minimum absolute atomic E-state index is 0.106. The monoisotopic (exact) mass is 365 g/mol. The predicted octanol–water partition coefficient (Wildman–Crippen LogP) is 5.27. The summed E-state index contributed by atoms with van der Waals surface area (Å²) < 4.78 is 0. The molecule has 0 amide bonds. The van der Waals surface area contributed by atoms with E-state index in [1.165, 1.54) is 34.5 Å². The molecule has 0 spiro atoms. The highest BCUT2D eigenvalue weighted by atomic mass is 32.2. The molecule has 0 aliphatic heterocycles. The maximum Gasteiger partial charge on any atom is 0.269 e. The lowest BCUT2D eigenvalue weighted by Crippen LogP contribution is -1.94. The average molecular weight is 365 g/mol. The predicted molar refractivity (Wildman–Crippen MR) is 104 cm³/mol. The van der Waals surface area contributed by atoms with Gasteiger partial charge in [0.15, 0.2) is 0 Å². The van der Waals surface area contributed by atoms with Crippen LogP contribution in [0.5, 0.6) is 0 Å². The first-order chi connectivity index (χ1) is 12.4. The molecule has 132 valence electrons. The van der Waals surface area contributed by atoms with Crippen molar-refractivity contribution in [1.29, 1.82) is 0 Å². The maximum absolute atomic E-state index is 10.8. The zero-order chi connectivity index (χ0) is 18.7. The Kier molecular flexibility index (Phi) is 5.32. The van der Waals surface area contributed by atoms with E-state index in [-0.39, 0.29) is 10.6 Å². The molecule has 0 bridgehead atoms. The van der Waals surface area contributed by atoms with E-state index in [1.807, 2.05) is 18.2 Å². The average Bonchev–Trinajstić information content (AvgIpc) is 2.64. The van der Waals surface area contributed by atoms with Crippen LogP contribution < -0.4 is 0 Å². The zero-order valence-corrected chi connectivity index (χ0v) is 15.7. The zero-order valence-electron chi connectivity index (χ0n) is 14.9. The fraction of sp³-hybridized carbons (Fsp3) is 0.200. The number of benzene rings is 2. The van der Waals surface area contributed by atoms with Gasteiger partial charge in [-0.1, -0.05) is 30.0 Å². The van der Waals surface area contributed by atoms with Crippen LogP contribution in [-0.2, 0) is 5.75 Å². The Bertz CT molecular complexity index is 956.